The van der Waals surface area contributed by atoms with Crippen molar-refractivity contribution in [2.45, 2.75) is 33.6 Å². The fourth-order valence-electron chi connectivity index (χ4n) is 1.73. The van der Waals surface area contributed by atoms with Gasteiger partial charge in [0.25, 0.3) is 0 Å². The molecule has 1 N–H and O–H groups in total. The molecule has 2 aromatic heterocycles. The minimum absolute atomic E-state index is 0.589. The van der Waals surface area contributed by atoms with Gasteiger partial charge in [-0.2, -0.15) is 0 Å². The molecule has 92 valence electrons. The lowest BCUT2D eigenvalue weighted by Crippen LogP contribution is -2.07. The Balaban J connectivity index is 2.36. The molecule has 0 aliphatic heterocycles. The van der Waals surface area contributed by atoms with E-state index >= 15 is 0 Å². The maximum atomic E-state index is 4.64. The van der Waals surface area contributed by atoms with E-state index in [0.29, 0.717) is 5.92 Å². The van der Waals surface area contributed by atoms with Gasteiger partial charge in [0.1, 0.15) is 16.5 Å². The molecule has 0 aliphatic rings. The summed E-state index contributed by atoms with van der Waals surface area (Å²) in [6.45, 7) is 7.51. The highest BCUT2D eigenvalue weighted by Gasteiger charge is 2.09. The Morgan fingerprint density at radius 1 is 1.35 bits per heavy atom. The molecule has 0 radical (unpaired) electrons. The van der Waals surface area contributed by atoms with E-state index in [1.165, 1.54) is 0 Å². The van der Waals surface area contributed by atoms with Crippen LogP contribution in [0.3, 0.4) is 0 Å². The average molecular weight is 249 g/mol. The highest BCUT2D eigenvalue weighted by atomic mass is 32.1. The minimum atomic E-state index is 0.589. The van der Waals surface area contributed by atoms with Gasteiger partial charge in [-0.05, 0) is 23.8 Å². The first-order valence-electron chi connectivity index (χ1n) is 6.18. The van der Waals surface area contributed by atoms with Crippen LogP contribution in [-0.4, -0.2) is 16.5 Å². The summed E-state index contributed by atoms with van der Waals surface area (Å²) in [4.78, 5) is 10.3. The first-order chi connectivity index (χ1) is 8.20. The summed E-state index contributed by atoms with van der Waals surface area (Å²) in [5, 5.41) is 6.62. The number of aromatic nitrogens is 2. The molecule has 0 spiro atoms. The molecule has 0 aliphatic carbocycles. The summed E-state index contributed by atoms with van der Waals surface area (Å²) in [5.74, 6) is 2.54. The van der Waals surface area contributed by atoms with Gasteiger partial charge in [0.2, 0.25) is 0 Å². The molecular weight excluding hydrogens is 230 g/mol. The zero-order chi connectivity index (χ0) is 12.3. The Morgan fingerprint density at radius 2 is 2.18 bits per heavy atom. The van der Waals surface area contributed by atoms with Gasteiger partial charge in [0.15, 0.2) is 0 Å². The summed E-state index contributed by atoms with van der Waals surface area (Å²) in [7, 11) is 0. The largest absolute Gasteiger partial charge is 0.369 e. The van der Waals surface area contributed by atoms with Gasteiger partial charge in [-0.25, -0.2) is 9.97 Å². The summed E-state index contributed by atoms with van der Waals surface area (Å²) < 4.78 is 0. The second-order valence-corrected chi connectivity index (χ2v) is 5.55. The first kappa shape index (κ1) is 12.3. The van der Waals surface area contributed by atoms with Crippen LogP contribution in [0.1, 0.15) is 33.0 Å². The molecule has 0 fully saturated rings. The van der Waals surface area contributed by atoms with Gasteiger partial charge >= 0.3 is 0 Å². The van der Waals surface area contributed by atoms with E-state index in [0.717, 1.165) is 41.2 Å². The van der Waals surface area contributed by atoms with Crippen molar-refractivity contribution in [1.82, 2.24) is 9.97 Å². The number of rotatable bonds is 5. The standard InChI is InChI=1S/C13H19N3S/c1-4-6-14-12-10-5-7-17-13(10)16-11(15-12)8-9(2)3/h5,7,9H,4,6,8H2,1-3H3,(H,14,15,16). The topological polar surface area (TPSA) is 37.8 Å². The second kappa shape index (κ2) is 5.45. The monoisotopic (exact) mass is 249 g/mol. The quantitative estimate of drug-likeness (QED) is 0.877. The molecule has 0 atom stereocenters. The van der Waals surface area contributed by atoms with Gasteiger partial charge < -0.3 is 5.32 Å². The number of hydrogen-bond acceptors (Lipinski definition) is 4. The lowest BCUT2D eigenvalue weighted by atomic mass is 10.1. The Bertz CT molecular complexity index is 490. The number of hydrogen-bond donors (Lipinski definition) is 1. The molecular formula is C13H19N3S. The van der Waals surface area contributed by atoms with Crippen molar-refractivity contribution in [2.75, 3.05) is 11.9 Å². The lowest BCUT2D eigenvalue weighted by Gasteiger charge is -2.09. The van der Waals surface area contributed by atoms with Gasteiger partial charge in [0.05, 0.1) is 5.39 Å². The van der Waals surface area contributed by atoms with Crippen LogP contribution in [0.5, 0.6) is 0 Å². The molecule has 0 bridgehead atoms. The van der Waals surface area contributed by atoms with Crippen molar-refractivity contribution in [2.24, 2.45) is 5.92 Å². The Labute approximate surface area is 106 Å². The summed E-state index contributed by atoms with van der Waals surface area (Å²) >= 11 is 1.69. The molecule has 3 nitrogen and oxygen atoms in total. The zero-order valence-corrected chi connectivity index (χ0v) is 11.5. The van der Waals surface area contributed by atoms with E-state index in [2.05, 4.69) is 47.5 Å². The fraction of sp³-hybridized carbons (Fsp3) is 0.538. The van der Waals surface area contributed by atoms with E-state index in [-0.39, 0.29) is 0 Å². The summed E-state index contributed by atoms with van der Waals surface area (Å²) in [6, 6.07) is 2.09. The fourth-order valence-corrected chi connectivity index (χ4v) is 2.52. The number of nitrogens with zero attached hydrogens (tertiary/aromatic N) is 2. The third-order valence-electron chi connectivity index (χ3n) is 2.50. The van der Waals surface area contributed by atoms with Crippen molar-refractivity contribution >= 4 is 27.4 Å². The molecule has 2 rings (SSSR count). The van der Waals surface area contributed by atoms with E-state index in [4.69, 9.17) is 0 Å². The van der Waals surface area contributed by atoms with Crippen LogP contribution in [0.15, 0.2) is 11.4 Å². The molecule has 2 heterocycles. The van der Waals surface area contributed by atoms with Crippen LogP contribution in [0, 0.1) is 5.92 Å². The highest BCUT2D eigenvalue weighted by molar-refractivity contribution is 7.16. The van der Waals surface area contributed by atoms with Crippen LogP contribution in [0.25, 0.3) is 10.2 Å². The third-order valence-corrected chi connectivity index (χ3v) is 3.31. The smallest absolute Gasteiger partial charge is 0.138 e. The van der Waals surface area contributed by atoms with Gasteiger partial charge in [-0.1, -0.05) is 20.8 Å². The van der Waals surface area contributed by atoms with Gasteiger partial charge in [0, 0.05) is 13.0 Å². The van der Waals surface area contributed by atoms with Crippen LogP contribution >= 0.6 is 11.3 Å². The van der Waals surface area contributed by atoms with Crippen LogP contribution in [0.2, 0.25) is 0 Å². The third kappa shape index (κ3) is 2.94. The van der Waals surface area contributed by atoms with Crippen LogP contribution < -0.4 is 5.32 Å². The Morgan fingerprint density at radius 3 is 2.88 bits per heavy atom. The molecule has 0 saturated heterocycles. The SMILES string of the molecule is CCCNc1nc(CC(C)C)nc2sccc12. The zero-order valence-electron chi connectivity index (χ0n) is 10.7. The summed E-state index contributed by atoms with van der Waals surface area (Å²) in [5.41, 5.74) is 0. The summed E-state index contributed by atoms with van der Waals surface area (Å²) in [6.07, 6.45) is 2.05. The molecule has 17 heavy (non-hydrogen) atoms. The van der Waals surface area contributed by atoms with E-state index < -0.39 is 0 Å². The van der Waals surface area contributed by atoms with E-state index in [1.807, 2.05) is 0 Å². The minimum Gasteiger partial charge on any atom is -0.369 e. The first-order valence-corrected chi connectivity index (χ1v) is 7.06. The van der Waals surface area contributed by atoms with Gasteiger partial charge in [-0.3, -0.25) is 0 Å². The average Bonchev–Trinajstić information content (AvgIpc) is 2.72. The predicted octanol–water partition coefficient (Wildman–Crippen LogP) is 3.71. The molecule has 2 aromatic rings. The van der Waals surface area contributed by atoms with Crippen LogP contribution in [0.4, 0.5) is 5.82 Å². The number of thiophene rings is 1. The molecule has 0 unspecified atom stereocenters. The van der Waals surface area contributed by atoms with Crippen molar-refractivity contribution in [1.29, 1.82) is 0 Å². The van der Waals surface area contributed by atoms with Crippen molar-refractivity contribution in [3.63, 3.8) is 0 Å². The number of anilines is 1. The molecule has 0 saturated carbocycles. The maximum Gasteiger partial charge on any atom is 0.138 e. The van der Waals surface area contributed by atoms with Crippen molar-refractivity contribution in [3.05, 3.63) is 17.3 Å². The van der Waals surface area contributed by atoms with E-state index in [1.54, 1.807) is 11.3 Å². The predicted molar refractivity (Wildman–Crippen MR) is 74.7 cm³/mol. The van der Waals surface area contributed by atoms with E-state index in [9.17, 15) is 0 Å². The van der Waals surface area contributed by atoms with Crippen LogP contribution in [-0.2, 0) is 6.42 Å². The lowest BCUT2D eigenvalue weighted by molar-refractivity contribution is 0.623. The highest BCUT2D eigenvalue weighted by Crippen LogP contribution is 2.25. The second-order valence-electron chi connectivity index (χ2n) is 4.65. The maximum absolute atomic E-state index is 4.64. The Hall–Kier alpha value is -1.16. The van der Waals surface area contributed by atoms with Crippen molar-refractivity contribution in [3.8, 4) is 0 Å². The number of fused-ring (bicyclic) bond motifs is 1. The molecule has 4 heteroatoms. The van der Waals surface area contributed by atoms with Crippen molar-refractivity contribution < 1.29 is 0 Å². The van der Waals surface area contributed by atoms with Gasteiger partial charge in [-0.15, -0.1) is 11.3 Å². The molecule has 0 amide bonds. The molecule has 0 aromatic carbocycles. The number of nitrogens with one attached hydrogen (secondary N) is 1. The Kier molecular flexibility index (Phi) is 3.94. The normalized spacial score (nSPS) is 11.3.